The van der Waals surface area contributed by atoms with Crippen molar-refractivity contribution in [1.29, 1.82) is 0 Å². The van der Waals surface area contributed by atoms with Gasteiger partial charge in [0.1, 0.15) is 0 Å². The fraction of sp³-hybridized carbons (Fsp3) is 0.0588. The summed E-state index contributed by atoms with van der Waals surface area (Å²) in [6.45, 7) is 0. The van der Waals surface area contributed by atoms with Crippen molar-refractivity contribution < 1.29 is 0 Å². The molecular formula is C34H24N2O2. The standard InChI is InChI=1S/C34H24N2O2/c1-35-29-19-28-30(36(2)32-24(22-13-7-4-8-14-22)16-10-18-26(32)34(28)38)20-27(29)33(37)25-17-9-15-23(31(25)35)21-11-5-3-6-12-21/h3-20H,1-2H3. The minimum atomic E-state index is -0.0309. The van der Waals surface area contributed by atoms with Crippen molar-refractivity contribution in [1.82, 2.24) is 9.13 Å². The molecule has 0 aliphatic rings. The number of fused-ring (bicyclic) bond motifs is 4. The lowest BCUT2D eigenvalue weighted by molar-refractivity contribution is 0.994. The van der Waals surface area contributed by atoms with E-state index in [-0.39, 0.29) is 10.9 Å². The summed E-state index contributed by atoms with van der Waals surface area (Å²) < 4.78 is 4.11. The van der Waals surface area contributed by atoms with E-state index in [1.54, 1.807) is 0 Å². The molecule has 0 fully saturated rings. The third-order valence-electron chi connectivity index (χ3n) is 7.73. The van der Waals surface area contributed by atoms with Crippen molar-refractivity contribution >= 4 is 43.6 Å². The van der Waals surface area contributed by atoms with E-state index >= 15 is 0 Å². The predicted octanol–water partition coefficient (Wildman–Crippen LogP) is 7.03. The highest BCUT2D eigenvalue weighted by Gasteiger charge is 2.18. The van der Waals surface area contributed by atoms with Crippen LogP contribution >= 0.6 is 0 Å². The summed E-state index contributed by atoms with van der Waals surface area (Å²) in [5, 5.41) is 2.53. The summed E-state index contributed by atoms with van der Waals surface area (Å²) in [6, 6.07) is 35.7. The third kappa shape index (κ3) is 3.10. The van der Waals surface area contributed by atoms with Crippen molar-refractivity contribution in [3.63, 3.8) is 0 Å². The molecule has 0 saturated heterocycles. The molecule has 2 aromatic heterocycles. The molecule has 0 amide bonds. The van der Waals surface area contributed by atoms with Crippen LogP contribution in [-0.2, 0) is 14.1 Å². The second-order valence-electron chi connectivity index (χ2n) is 9.80. The Morgan fingerprint density at radius 1 is 0.447 bits per heavy atom. The van der Waals surface area contributed by atoms with Gasteiger partial charge in [-0.2, -0.15) is 0 Å². The first-order chi connectivity index (χ1) is 18.5. The van der Waals surface area contributed by atoms with Crippen LogP contribution in [0.2, 0.25) is 0 Å². The van der Waals surface area contributed by atoms with Crippen LogP contribution in [0.4, 0.5) is 0 Å². The number of hydrogen-bond donors (Lipinski definition) is 0. The Balaban J connectivity index is 1.64. The van der Waals surface area contributed by atoms with E-state index < -0.39 is 0 Å². The number of nitrogens with zero attached hydrogens (tertiary/aromatic N) is 2. The van der Waals surface area contributed by atoms with Gasteiger partial charge >= 0.3 is 0 Å². The molecule has 7 rings (SSSR count). The maximum absolute atomic E-state index is 13.9. The second-order valence-corrected chi connectivity index (χ2v) is 9.80. The first kappa shape index (κ1) is 22.3. The topological polar surface area (TPSA) is 44.0 Å². The molecule has 4 nitrogen and oxygen atoms in total. The molecule has 0 bridgehead atoms. The lowest BCUT2D eigenvalue weighted by Crippen LogP contribution is -2.14. The Kier molecular flexibility index (Phi) is 4.85. The maximum atomic E-state index is 13.9. The molecule has 38 heavy (non-hydrogen) atoms. The zero-order valence-electron chi connectivity index (χ0n) is 21.1. The lowest BCUT2D eigenvalue weighted by atomic mass is 9.98. The number of rotatable bonds is 2. The van der Waals surface area contributed by atoms with Crippen molar-refractivity contribution in [2.24, 2.45) is 14.1 Å². The Bertz CT molecular complexity index is 2020. The Labute approximate surface area is 218 Å². The van der Waals surface area contributed by atoms with Crippen molar-refractivity contribution in [2.45, 2.75) is 0 Å². The second kappa shape index (κ2) is 8.29. The fourth-order valence-electron chi connectivity index (χ4n) is 5.90. The molecule has 0 N–H and O–H groups in total. The average molecular weight is 493 g/mol. The van der Waals surface area contributed by atoms with Gasteiger partial charge in [0.05, 0.1) is 22.1 Å². The van der Waals surface area contributed by atoms with Gasteiger partial charge in [0.15, 0.2) is 10.9 Å². The summed E-state index contributed by atoms with van der Waals surface area (Å²) in [6.07, 6.45) is 0. The Morgan fingerprint density at radius 2 is 0.842 bits per heavy atom. The highest BCUT2D eigenvalue weighted by atomic mass is 16.1. The summed E-state index contributed by atoms with van der Waals surface area (Å²) in [7, 11) is 3.95. The van der Waals surface area contributed by atoms with Gasteiger partial charge in [-0.15, -0.1) is 0 Å². The Morgan fingerprint density at radius 3 is 1.24 bits per heavy atom. The molecule has 0 aliphatic carbocycles. The number of pyridine rings is 2. The average Bonchev–Trinajstić information content (AvgIpc) is 2.98. The number of aryl methyl sites for hydroxylation is 2. The third-order valence-corrected chi connectivity index (χ3v) is 7.73. The molecule has 0 radical (unpaired) electrons. The van der Waals surface area contributed by atoms with Crippen molar-refractivity contribution in [2.75, 3.05) is 0 Å². The van der Waals surface area contributed by atoms with Gasteiger partial charge in [0, 0.05) is 46.8 Å². The molecule has 4 heteroatoms. The van der Waals surface area contributed by atoms with Crippen LogP contribution in [0.1, 0.15) is 0 Å². The zero-order valence-corrected chi connectivity index (χ0v) is 21.1. The maximum Gasteiger partial charge on any atom is 0.197 e. The number of para-hydroxylation sites is 2. The predicted molar refractivity (Wildman–Crippen MR) is 158 cm³/mol. The summed E-state index contributed by atoms with van der Waals surface area (Å²) in [5.41, 5.74) is 7.22. The van der Waals surface area contributed by atoms with Crippen LogP contribution in [-0.4, -0.2) is 9.13 Å². The van der Waals surface area contributed by atoms with E-state index in [0.29, 0.717) is 21.5 Å². The molecular weight excluding hydrogens is 468 g/mol. The molecule has 0 atom stereocenters. The van der Waals surface area contributed by atoms with Gasteiger partial charge in [-0.25, -0.2) is 0 Å². The highest BCUT2D eigenvalue weighted by molar-refractivity contribution is 6.07. The fourth-order valence-corrected chi connectivity index (χ4v) is 5.90. The monoisotopic (exact) mass is 492 g/mol. The molecule has 2 heterocycles. The summed E-state index contributed by atoms with van der Waals surface area (Å²) >= 11 is 0. The molecule has 0 spiro atoms. The van der Waals surface area contributed by atoms with Crippen LogP contribution in [0.15, 0.2) is 119 Å². The van der Waals surface area contributed by atoms with Crippen LogP contribution in [0.3, 0.4) is 0 Å². The largest absolute Gasteiger partial charge is 0.343 e. The van der Waals surface area contributed by atoms with Crippen LogP contribution < -0.4 is 10.9 Å². The molecule has 5 aromatic carbocycles. The zero-order chi connectivity index (χ0) is 26.0. The van der Waals surface area contributed by atoms with Crippen LogP contribution in [0.5, 0.6) is 0 Å². The van der Waals surface area contributed by atoms with Gasteiger partial charge in [0.2, 0.25) is 0 Å². The first-order valence-electron chi connectivity index (χ1n) is 12.7. The number of benzene rings is 5. The number of aromatic nitrogens is 2. The smallest absolute Gasteiger partial charge is 0.197 e. The van der Waals surface area contributed by atoms with E-state index in [1.165, 1.54) is 0 Å². The SMILES string of the molecule is Cn1c2cc3c(=O)c4cccc(-c5ccccc5)c4n(C)c3cc2c(=O)c2cccc(-c3ccccc3)c21. The molecule has 7 aromatic rings. The van der Waals surface area contributed by atoms with Gasteiger partial charge in [-0.3, -0.25) is 9.59 Å². The van der Waals surface area contributed by atoms with Gasteiger partial charge in [0.25, 0.3) is 0 Å². The lowest BCUT2D eigenvalue weighted by Gasteiger charge is -2.18. The quantitative estimate of drug-likeness (QED) is 0.243. The minimum Gasteiger partial charge on any atom is -0.343 e. The first-order valence-corrected chi connectivity index (χ1v) is 12.7. The minimum absolute atomic E-state index is 0.0309. The Hall–Kier alpha value is -4.96. The van der Waals surface area contributed by atoms with E-state index in [4.69, 9.17) is 0 Å². The van der Waals surface area contributed by atoms with E-state index in [2.05, 4.69) is 33.4 Å². The van der Waals surface area contributed by atoms with Gasteiger partial charge < -0.3 is 9.13 Å². The number of hydrogen-bond acceptors (Lipinski definition) is 2. The van der Waals surface area contributed by atoms with Gasteiger partial charge in [-0.05, 0) is 35.4 Å². The highest BCUT2D eigenvalue weighted by Crippen LogP contribution is 2.33. The van der Waals surface area contributed by atoms with Crippen LogP contribution in [0, 0.1) is 0 Å². The van der Waals surface area contributed by atoms with Crippen molar-refractivity contribution in [3.05, 3.63) is 130 Å². The van der Waals surface area contributed by atoms with E-state index in [1.807, 2.05) is 99.0 Å². The van der Waals surface area contributed by atoms with E-state index in [9.17, 15) is 9.59 Å². The van der Waals surface area contributed by atoms with E-state index in [0.717, 1.165) is 44.3 Å². The molecule has 182 valence electrons. The van der Waals surface area contributed by atoms with Crippen LogP contribution in [0.25, 0.3) is 65.9 Å². The molecule has 0 saturated carbocycles. The molecule has 0 unspecified atom stereocenters. The summed E-state index contributed by atoms with van der Waals surface area (Å²) in [5.74, 6) is 0. The summed E-state index contributed by atoms with van der Waals surface area (Å²) in [4.78, 5) is 27.8. The van der Waals surface area contributed by atoms with Crippen molar-refractivity contribution in [3.8, 4) is 22.3 Å². The van der Waals surface area contributed by atoms with Gasteiger partial charge in [-0.1, -0.05) is 84.9 Å². The normalized spacial score (nSPS) is 11.6. The molecule has 0 aliphatic heterocycles.